The van der Waals surface area contributed by atoms with Crippen LogP contribution in [0.5, 0.6) is 0 Å². The molecule has 0 aliphatic carbocycles. The van der Waals surface area contributed by atoms with E-state index < -0.39 is 25.8 Å². The molecule has 5 nitrogen and oxygen atoms in total. The van der Waals surface area contributed by atoms with E-state index in [0.29, 0.717) is 32.7 Å². The van der Waals surface area contributed by atoms with Crippen LogP contribution in [-0.2, 0) is 9.84 Å². The summed E-state index contributed by atoms with van der Waals surface area (Å²) in [6.07, 6.45) is 1.76. The number of alkyl halides is 3. The first-order valence-corrected chi connectivity index (χ1v) is 8.63. The maximum absolute atomic E-state index is 12.8. The van der Waals surface area contributed by atoms with Gasteiger partial charge in [0.05, 0.1) is 16.1 Å². The second-order valence-electron chi connectivity index (χ2n) is 5.29. The van der Waals surface area contributed by atoms with Crippen LogP contribution in [0.4, 0.5) is 18.9 Å². The van der Waals surface area contributed by atoms with Gasteiger partial charge in [-0.05, 0) is 12.1 Å². The van der Waals surface area contributed by atoms with E-state index in [0.717, 1.165) is 6.07 Å². The van der Waals surface area contributed by atoms with Gasteiger partial charge in [-0.25, -0.2) is 8.42 Å². The zero-order chi connectivity index (χ0) is 18.0. The third-order valence-electron chi connectivity index (χ3n) is 3.81. The molecule has 24 heavy (non-hydrogen) atoms. The first kappa shape index (κ1) is 18.3. The van der Waals surface area contributed by atoms with Gasteiger partial charge in [0.25, 0.3) is 9.84 Å². The van der Waals surface area contributed by atoms with Crippen LogP contribution in [0, 0.1) is 11.3 Å². The molecule has 0 aromatic heterocycles. The van der Waals surface area contributed by atoms with E-state index in [2.05, 4.69) is 11.5 Å². The highest BCUT2D eigenvalue weighted by Gasteiger charge is 2.48. The van der Waals surface area contributed by atoms with Crippen LogP contribution in [0.25, 0.3) is 0 Å². The van der Waals surface area contributed by atoms with Crippen molar-refractivity contribution in [2.24, 2.45) is 0 Å². The van der Waals surface area contributed by atoms with Gasteiger partial charge in [-0.2, -0.15) is 18.4 Å². The van der Waals surface area contributed by atoms with Crippen molar-refractivity contribution in [3.05, 3.63) is 36.4 Å². The number of benzene rings is 1. The molecule has 0 unspecified atom stereocenters. The molecule has 0 atom stereocenters. The number of hydrogen-bond donors (Lipinski definition) is 0. The molecule has 130 valence electrons. The SMILES string of the molecule is C=CCN1CCN(c2cccc(S(=O)(=O)C(F)(F)F)c2C#N)CC1. The van der Waals surface area contributed by atoms with Crippen LogP contribution in [0.1, 0.15) is 5.56 Å². The summed E-state index contributed by atoms with van der Waals surface area (Å²) >= 11 is 0. The van der Waals surface area contributed by atoms with Gasteiger partial charge >= 0.3 is 5.51 Å². The summed E-state index contributed by atoms with van der Waals surface area (Å²) in [6, 6.07) is 5.14. The lowest BCUT2D eigenvalue weighted by Crippen LogP contribution is -2.46. The summed E-state index contributed by atoms with van der Waals surface area (Å²) in [7, 11) is -5.57. The number of halogens is 3. The quantitative estimate of drug-likeness (QED) is 0.771. The molecule has 9 heteroatoms. The number of hydrogen-bond acceptors (Lipinski definition) is 5. The molecule has 0 bridgehead atoms. The summed E-state index contributed by atoms with van der Waals surface area (Å²) in [5.74, 6) is 0. The Bertz CT molecular complexity index is 761. The van der Waals surface area contributed by atoms with Crippen molar-refractivity contribution in [2.45, 2.75) is 10.4 Å². The van der Waals surface area contributed by atoms with Crippen LogP contribution in [-0.4, -0.2) is 51.5 Å². The van der Waals surface area contributed by atoms with E-state index in [4.69, 9.17) is 0 Å². The highest BCUT2D eigenvalue weighted by molar-refractivity contribution is 7.92. The smallest absolute Gasteiger partial charge is 0.368 e. The molecule has 0 amide bonds. The molecule has 0 N–H and O–H groups in total. The van der Waals surface area contributed by atoms with E-state index in [1.807, 2.05) is 0 Å². The molecule has 0 spiro atoms. The fraction of sp³-hybridized carbons (Fsp3) is 0.400. The third-order valence-corrected chi connectivity index (χ3v) is 5.34. The van der Waals surface area contributed by atoms with Crippen LogP contribution in [0.3, 0.4) is 0 Å². The molecular formula is C15H16F3N3O2S. The van der Waals surface area contributed by atoms with E-state index >= 15 is 0 Å². The lowest BCUT2D eigenvalue weighted by Gasteiger charge is -2.36. The van der Waals surface area contributed by atoms with Crippen LogP contribution in [0.2, 0.25) is 0 Å². The molecule has 1 heterocycles. The predicted molar refractivity (Wildman–Crippen MR) is 83.2 cm³/mol. The second kappa shape index (κ2) is 6.83. The van der Waals surface area contributed by atoms with Gasteiger partial charge in [-0.15, -0.1) is 6.58 Å². The van der Waals surface area contributed by atoms with E-state index in [1.165, 1.54) is 12.1 Å². The zero-order valence-electron chi connectivity index (χ0n) is 12.8. The molecule has 1 aliphatic heterocycles. The molecule has 1 aromatic carbocycles. The molecule has 0 saturated carbocycles. The van der Waals surface area contributed by atoms with Crippen molar-refractivity contribution >= 4 is 15.5 Å². The van der Waals surface area contributed by atoms with Gasteiger partial charge < -0.3 is 4.90 Å². The molecule has 0 radical (unpaired) electrons. The molecule has 1 aromatic rings. The summed E-state index contributed by atoms with van der Waals surface area (Å²) in [5, 5.41) is 9.26. The van der Waals surface area contributed by atoms with Crippen molar-refractivity contribution in [1.82, 2.24) is 4.90 Å². The second-order valence-corrected chi connectivity index (χ2v) is 7.20. The highest BCUT2D eigenvalue weighted by Crippen LogP contribution is 2.35. The van der Waals surface area contributed by atoms with Crippen LogP contribution >= 0.6 is 0 Å². The lowest BCUT2D eigenvalue weighted by molar-refractivity contribution is -0.0436. The Kier molecular flexibility index (Phi) is 5.20. The van der Waals surface area contributed by atoms with Crippen LogP contribution in [0.15, 0.2) is 35.7 Å². The molecule has 1 saturated heterocycles. The summed E-state index contributed by atoms with van der Waals surface area (Å²) in [4.78, 5) is 2.84. The molecule has 2 rings (SSSR count). The Hall–Kier alpha value is -2.05. The third kappa shape index (κ3) is 3.39. The normalized spacial score (nSPS) is 16.7. The first-order valence-electron chi connectivity index (χ1n) is 7.15. The Morgan fingerprint density at radius 2 is 1.88 bits per heavy atom. The topological polar surface area (TPSA) is 64.4 Å². The van der Waals surface area contributed by atoms with Gasteiger partial charge in [0.2, 0.25) is 0 Å². The van der Waals surface area contributed by atoms with E-state index in [1.54, 1.807) is 17.0 Å². The summed E-state index contributed by atoms with van der Waals surface area (Å²) in [6.45, 7) is 6.61. The average Bonchev–Trinajstić information content (AvgIpc) is 2.54. The van der Waals surface area contributed by atoms with Crippen molar-refractivity contribution in [3.8, 4) is 6.07 Å². The maximum Gasteiger partial charge on any atom is 0.501 e. The van der Waals surface area contributed by atoms with Crippen molar-refractivity contribution in [3.63, 3.8) is 0 Å². The van der Waals surface area contributed by atoms with Crippen molar-refractivity contribution in [2.75, 3.05) is 37.6 Å². The minimum absolute atomic E-state index is 0.209. The Labute approximate surface area is 138 Å². The number of rotatable bonds is 4. The predicted octanol–water partition coefficient (Wildman–Crippen LogP) is 2.16. The Balaban J connectivity index is 2.39. The number of nitrogens with zero attached hydrogens (tertiary/aromatic N) is 3. The van der Waals surface area contributed by atoms with Gasteiger partial charge in [0.15, 0.2) is 0 Å². The molecule has 1 aliphatic rings. The molecular weight excluding hydrogens is 343 g/mol. The fourth-order valence-electron chi connectivity index (χ4n) is 2.60. The van der Waals surface area contributed by atoms with Crippen LogP contribution < -0.4 is 4.90 Å². The summed E-state index contributed by atoms with van der Waals surface area (Å²) in [5.41, 5.74) is -5.70. The van der Waals surface area contributed by atoms with E-state index in [-0.39, 0.29) is 5.69 Å². The minimum Gasteiger partial charge on any atom is -0.368 e. The maximum atomic E-state index is 12.8. The van der Waals surface area contributed by atoms with Gasteiger partial charge in [0.1, 0.15) is 6.07 Å². The standard InChI is InChI=1S/C15H16F3N3O2S/c1-2-6-20-7-9-21(10-8-20)13-4-3-5-14(12(13)11-19)24(22,23)15(16,17)18/h2-5H,1,6-10H2. The van der Waals surface area contributed by atoms with Gasteiger partial charge in [-0.1, -0.05) is 12.1 Å². The van der Waals surface area contributed by atoms with Gasteiger partial charge in [-0.3, -0.25) is 4.90 Å². The number of nitriles is 1. The highest BCUT2D eigenvalue weighted by atomic mass is 32.2. The number of sulfone groups is 1. The van der Waals surface area contributed by atoms with Crippen molar-refractivity contribution in [1.29, 1.82) is 5.26 Å². The molecule has 1 fully saturated rings. The zero-order valence-corrected chi connectivity index (χ0v) is 13.6. The largest absolute Gasteiger partial charge is 0.501 e. The Morgan fingerprint density at radius 1 is 1.25 bits per heavy atom. The monoisotopic (exact) mass is 359 g/mol. The average molecular weight is 359 g/mol. The lowest BCUT2D eigenvalue weighted by atomic mass is 10.1. The summed E-state index contributed by atoms with van der Waals surface area (Å²) < 4.78 is 61.8. The van der Waals surface area contributed by atoms with Gasteiger partial charge in [0, 0.05) is 32.7 Å². The Morgan fingerprint density at radius 3 is 2.38 bits per heavy atom. The minimum atomic E-state index is -5.57. The number of anilines is 1. The fourth-order valence-corrected chi connectivity index (χ4v) is 3.52. The van der Waals surface area contributed by atoms with Crippen molar-refractivity contribution < 1.29 is 21.6 Å². The first-order chi connectivity index (χ1) is 11.2. The van der Waals surface area contributed by atoms with E-state index in [9.17, 15) is 26.9 Å². The number of piperazine rings is 1.